The number of nitrogens with one attached hydrogen (secondary N) is 2. The minimum absolute atomic E-state index is 0.0621. The summed E-state index contributed by atoms with van der Waals surface area (Å²) >= 11 is 0. The molecule has 2 heterocycles. The van der Waals surface area contributed by atoms with Gasteiger partial charge < -0.3 is 20.6 Å². The second-order valence-electron chi connectivity index (χ2n) is 6.11. The van der Waals surface area contributed by atoms with Crippen LogP contribution in [0.1, 0.15) is 19.3 Å². The van der Waals surface area contributed by atoms with Crippen molar-refractivity contribution in [3.63, 3.8) is 0 Å². The standard InChI is InChI=1S/C18H25N5O2/c24-13-9-20-15-6-4-7-16(17(15)22-10-2-1-3-11-22)21-18(25)23-12-5-8-19-14-23/h4-8,12,20,24H,1-3,9-11,13-14H2,(H,21,25). The fraction of sp³-hybridized carbons (Fsp3) is 0.444. The summed E-state index contributed by atoms with van der Waals surface area (Å²) in [6, 6.07) is 5.61. The fourth-order valence-electron chi connectivity index (χ4n) is 3.14. The lowest BCUT2D eigenvalue weighted by atomic mass is 10.1. The number of aliphatic hydroxyl groups excluding tert-OH is 1. The molecule has 3 rings (SSSR count). The zero-order valence-corrected chi connectivity index (χ0v) is 14.3. The van der Waals surface area contributed by atoms with Gasteiger partial charge in [0.05, 0.1) is 23.7 Å². The molecule has 0 aliphatic carbocycles. The van der Waals surface area contributed by atoms with E-state index in [0.29, 0.717) is 13.2 Å². The summed E-state index contributed by atoms with van der Waals surface area (Å²) in [5.41, 5.74) is 2.70. The number of hydrogen-bond acceptors (Lipinski definition) is 5. The molecule has 7 nitrogen and oxygen atoms in total. The molecule has 0 radical (unpaired) electrons. The second-order valence-corrected chi connectivity index (χ2v) is 6.11. The lowest BCUT2D eigenvalue weighted by Crippen LogP contribution is -2.34. The van der Waals surface area contributed by atoms with Gasteiger partial charge in [0.2, 0.25) is 0 Å². The molecule has 0 spiro atoms. The number of aliphatic imine (C=N–C) groups is 1. The van der Waals surface area contributed by atoms with E-state index >= 15 is 0 Å². The fourth-order valence-corrected chi connectivity index (χ4v) is 3.14. The molecule has 0 atom stereocenters. The van der Waals surface area contributed by atoms with Crippen LogP contribution in [-0.4, -0.2) is 55.2 Å². The summed E-state index contributed by atoms with van der Waals surface area (Å²) in [4.78, 5) is 20.5. The van der Waals surface area contributed by atoms with Gasteiger partial charge in [-0.2, -0.15) is 0 Å². The Morgan fingerprint density at radius 3 is 2.72 bits per heavy atom. The first-order chi connectivity index (χ1) is 12.3. The van der Waals surface area contributed by atoms with Gasteiger partial charge in [-0.25, -0.2) is 4.79 Å². The van der Waals surface area contributed by atoms with Gasteiger partial charge in [0, 0.05) is 32.0 Å². The van der Waals surface area contributed by atoms with Crippen LogP contribution in [-0.2, 0) is 0 Å². The van der Waals surface area contributed by atoms with Crippen molar-refractivity contribution in [1.29, 1.82) is 0 Å². The number of aliphatic hydroxyl groups is 1. The summed E-state index contributed by atoms with van der Waals surface area (Å²) in [5, 5.41) is 15.4. The van der Waals surface area contributed by atoms with Gasteiger partial charge in [0.1, 0.15) is 6.67 Å². The average Bonchev–Trinajstić information content (AvgIpc) is 2.67. The molecule has 1 aromatic carbocycles. The number of rotatable bonds is 5. The van der Waals surface area contributed by atoms with Crippen LogP contribution in [0, 0.1) is 0 Å². The molecule has 1 saturated heterocycles. The molecule has 25 heavy (non-hydrogen) atoms. The Bertz CT molecular complexity index is 653. The Hall–Kier alpha value is -2.54. The van der Waals surface area contributed by atoms with Crippen molar-refractivity contribution in [3.05, 3.63) is 30.5 Å². The van der Waals surface area contributed by atoms with E-state index in [1.54, 1.807) is 18.5 Å². The van der Waals surface area contributed by atoms with Crippen LogP contribution >= 0.6 is 0 Å². The van der Waals surface area contributed by atoms with Gasteiger partial charge in [-0.1, -0.05) is 6.07 Å². The van der Waals surface area contributed by atoms with Gasteiger partial charge >= 0.3 is 6.03 Å². The number of hydrogen-bond donors (Lipinski definition) is 3. The van der Waals surface area contributed by atoms with Gasteiger partial charge in [0.25, 0.3) is 0 Å². The maximum atomic E-state index is 12.5. The zero-order chi connectivity index (χ0) is 17.5. The van der Waals surface area contributed by atoms with Crippen LogP contribution in [0.25, 0.3) is 0 Å². The molecule has 0 bridgehead atoms. The van der Waals surface area contributed by atoms with Gasteiger partial charge in [-0.15, -0.1) is 0 Å². The van der Waals surface area contributed by atoms with E-state index in [1.807, 2.05) is 18.2 Å². The number of carbonyl (C=O) groups excluding carboxylic acids is 1. The van der Waals surface area contributed by atoms with E-state index in [9.17, 15) is 4.79 Å². The number of allylic oxidation sites excluding steroid dienone is 1. The number of para-hydroxylation sites is 1. The maximum absolute atomic E-state index is 12.5. The van der Waals surface area contributed by atoms with Crippen molar-refractivity contribution in [2.75, 3.05) is 48.4 Å². The van der Waals surface area contributed by atoms with Crippen molar-refractivity contribution >= 4 is 29.3 Å². The lowest BCUT2D eigenvalue weighted by molar-refractivity contribution is 0.229. The Labute approximate surface area is 148 Å². The van der Waals surface area contributed by atoms with E-state index in [2.05, 4.69) is 20.5 Å². The third-order valence-electron chi connectivity index (χ3n) is 4.33. The van der Waals surface area contributed by atoms with Gasteiger partial charge in [0.15, 0.2) is 0 Å². The van der Waals surface area contributed by atoms with E-state index in [1.165, 1.54) is 11.3 Å². The molecular weight excluding hydrogens is 318 g/mol. The van der Waals surface area contributed by atoms with E-state index in [-0.39, 0.29) is 12.6 Å². The van der Waals surface area contributed by atoms with Crippen LogP contribution in [0.4, 0.5) is 21.9 Å². The van der Waals surface area contributed by atoms with Crippen molar-refractivity contribution in [3.8, 4) is 0 Å². The van der Waals surface area contributed by atoms with Crippen molar-refractivity contribution in [2.45, 2.75) is 19.3 Å². The molecule has 1 fully saturated rings. The normalized spacial score (nSPS) is 16.8. The van der Waals surface area contributed by atoms with Crippen LogP contribution in [0.2, 0.25) is 0 Å². The van der Waals surface area contributed by atoms with E-state index in [0.717, 1.165) is 43.0 Å². The van der Waals surface area contributed by atoms with Crippen molar-refractivity contribution in [2.24, 2.45) is 4.99 Å². The molecule has 2 aliphatic heterocycles. The summed E-state index contributed by atoms with van der Waals surface area (Å²) < 4.78 is 0. The summed E-state index contributed by atoms with van der Waals surface area (Å²) in [5.74, 6) is 0. The van der Waals surface area contributed by atoms with Crippen molar-refractivity contribution < 1.29 is 9.90 Å². The second kappa shape index (κ2) is 8.53. The topological polar surface area (TPSA) is 80.2 Å². The average molecular weight is 343 g/mol. The Kier molecular flexibility index (Phi) is 5.90. The number of carbonyl (C=O) groups is 1. The monoisotopic (exact) mass is 343 g/mol. The SMILES string of the molecule is O=C(Nc1cccc(NCCO)c1N1CCCCC1)N1C=CC=NC1. The predicted octanol–water partition coefficient (Wildman–Crippen LogP) is 2.47. The number of nitrogens with zero attached hydrogens (tertiary/aromatic N) is 3. The first kappa shape index (κ1) is 17.3. The third kappa shape index (κ3) is 4.30. The van der Waals surface area contributed by atoms with Crippen LogP contribution in [0.15, 0.2) is 35.5 Å². The van der Waals surface area contributed by atoms with Crippen LogP contribution in [0.5, 0.6) is 0 Å². The molecule has 1 aromatic rings. The molecule has 2 amide bonds. The third-order valence-corrected chi connectivity index (χ3v) is 4.33. The van der Waals surface area contributed by atoms with Gasteiger partial charge in [-0.3, -0.25) is 9.89 Å². The number of piperidine rings is 1. The predicted molar refractivity (Wildman–Crippen MR) is 101 cm³/mol. The van der Waals surface area contributed by atoms with E-state index in [4.69, 9.17) is 5.11 Å². The molecule has 0 saturated carbocycles. The smallest absolute Gasteiger partial charge is 0.327 e. The summed E-state index contributed by atoms with van der Waals surface area (Å²) in [6.45, 7) is 2.79. The molecule has 0 unspecified atom stereocenters. The highest BCUT2D eigenvalue weighted by atomic mass is 16.3. The Morgan fingerprint density at radius 1 is 1.20 bits per heavy atom. The Balaban J connectivity index is 1.84. The minimum atomic E-state index is -0.203. The summed E-state index contributed by atoms with van der Waals surface area (Å²) in [6.07, 6.45) is 8.67. The maximum Gasteiger partial charge on any atom is 0.327 e. The van der Waals surface area contributed by atoms with Crippen molar-refractivity contribution in [1.82, 2.24) is 4.90 Å². The summed E-state index contributed by atoms with van der Waals surface area (Å²) in [7, 11) is 0. The first-order valence-corrected chi connectivity index (χ1v) is 8.76. The van der Waals surface area contributed by atoms with E-state index < -0.39 is 0 Å². The number of benzene rings is 1. The number of anilines is 3. The first-order valence-electron chi connectivity index (χ1n) is 8.76. The minimum Gasteiger partial charge on any atom is -0.395 e. The highest BCUT2D eigenvalue weighted by molar-refractivity contribution is 5.97. The zero-order valence-electron chi connectivity index (χ0n) is 14.3. The molecule has 0 aromatic heterocycles. The number of amides is 2. The van der Waals surface area contributed by atoms with Gasteiger partial charge in [-0.05, 0) is 37.5 Å². The number of urea groups is 1. The largest absolute Gasteiger partial charge is 0.395 e. The van der Waals surface area contributed by atoms with Crippen LogP contribution in [0.3, 0.4) is 0 Å². The molecule has 2 aliphatic rings. The molecular formula is C18H25N5O2. The lowest BCUT2D eigenvalue weighted by Gasteiger charge is -2.33. The molecule has 134 valence electrons. The highest BCUT2D eigenvalue weighted by Gasteiger charge is 2.21. The molecule has 3 N–H and O–H groups in total. The quantitative estimate of drug-likeness (QED) is 0.767. The highest BCUT2D eigenvalue weighted by Crippen LogP contribution is 2.36. The van der Waals surface area contributed by atoms with Crippen LogP contribution < -0.4 is 15.5 Å². The molecule has 7 heteroatoms. The Morgan fingerprint density at radius 2 is 2.00 bits per heavy atom.